The van der Waals surface area contributed by atoms with Crippen LogP contribution in [0.5, 0.6) is 5.75 Å². The first-order chi connectivity index (χ1) is 8.56. The topological polar surface area (TPSA) is 24.1 Å². The van der Waals surface area contributed by atoms with Crippen LogP contribution in [-0.2, 0) is 19.5 Å². The number of rotatable bonds is 3. The molecule has 0 unspecified atom stereocenters. The molecule has 2 aromatic rings. The van der Waals surface area contributed by atoms with Crippen LogP contribution in [0.1, 0.15) is 24.3 Å². The fourth-order valence-corrected chi connectivity index (χ4v) is 3.00. The minimum atomic E-state index is 0. The number of phenols is 1. The van der Waals surface area contributed by atoms with Crippen molar-refractivity contribution in [3.63, 3.8) is 0 Å². The molecule has 1 heterocycles. The Bertz CT molecular complexity index is 565. The van der Waals surface area contributed by atoms with E-state index in [9.17, 15) is 5.11 Å². The fraction of sp³-hybridized carbons (Fsp3) is 0.267. The molecule has 1 N–H and O–H groups in total. The van der Waals surface area contributed by atoms with Gasteiger partial charge >= 0.3 is 19.5 Å². The first-order valence-electron chi connectivity index (χ1n) is 6.00. The first-order valence-corrected chi connectivity index (χ1v) is 6.77. The van der Waals surface area contributed by atoms with Crippen LogP contribution in [0.3, 0.4) is 0 Å². The van der Waals surface area contributed by atoms with Gasteiger partial charge in [0, 0.05) is 5.56 Å². The molecule has 2 nitrogen and oxygen atoms in total. The molecule has 19 heavy (non-hydrogen) atoms. The second-order valence-corrected chi connectivity index (χ2v) is 5.52. The van der Waals surface area contributed by atoms with Gasteiger partial charge in [-0.15, -0.1) is 6.04 Å². The molecule has 1 aromatic heterocycles. The predicted molar refractivity (Wildman–Crippen MR) is 75.4 cm³/mol. The van der Waals surface area contributed by atoms with Crippen LogP contribution in [-0.4, -0.2) is 5.11 Å². The van der Waals surface area contributed by atoms with Crippen LogP contribution in [0.4, 0.5) is 0 Å². The zero-order chi connectivity index (χ0) is 13.3. The normalized spacial score (nSPS) is 10.1. The number of phenolic OH excluding ortho intramolecular Hbond substituents is 1. The van der Waals surface area contributed by atoms with E-state index in [1.54, 1.807) is 17.6 Å². The van der Waals surface area contributed by atoms with Crippen molar-refractivity contribution in [3.8, 4) is 17.0 Å². The molecule has 0 radical (unpaired) electrons. The molecule has 4 heteroatoms. The minimum absolute atomic E-state index is 0. The van der Waals surface area contributed by atoms with Crippen LogP contribution < -0.4 is 3.96 Å². The van der Waals surface area contributed by atoms with Gasteiger partial charge in [-0.05, 0) is 25.5 Å². The molecule has 0 atom stereocenters. The second-order valence-electron chi connectivity index (χ2n) is 4.36. The van der Waals surface area contributed by atoms with E-state index in [0.717, 1.165) is 11.3 Å². The van der Waals surface area contributed by atoms with Crippen molar-refractivity contribution in [3.05, 3.63) is 47.2 Å². The van der Waals surface area contributed by atoms with E-state index in [1.807, 2.05) is 25.1 Å². The van der Waals surface area contributed by atoms with Crippen molar-refractivity contribution >= 4 is 11.5 Å². The maximum Gasteiger partial charge on any atom is 2.00 e. The van der Waals surface area contributed by atoms with Gasteiger partial charge < -0.3 is 11.5 Å². The summed E-state index contributed by atoms with van der Waals surface area (Å²) in [5.41, 5.74) is 3.20. The van der Waals surface area contributed by atoms with Crippen molar-refractivity contribution in [2.45, 2.75) is 27.7 Å². The SMILES string of the molecule is C[CH-][C-](C)[n+]1sc(C)c(C)c1-c1ccccc1O.[Zn+2]. The van der Waals surface area contributed by atoms with Crippen LogP contribution in [0.25, 0.3) is 11.3 Å². The molecule has 0 amide bonds. The number of hydrogen-bond acceptors (Lipinski definition) is 2. The number of aromatic hydroxyl groups is 1. The van der Waals surface area contributed by atoms with E-state index < -0.39 is 0 Å². The van der Waals surface area contributed by atoms with Crippen molar-refractivity contribution in [1.29, 1.82) is 0 Å². The summed E-state index contributed by atoms with van der Waals surface area (Å²) in [6.07, 6.45) is 2.08. The molecular formula is C15H18NOSZn+. The number of benzene rings is 1. The van der Waals surface area contributed by atoms with Crippen LogP contribution in [0.15, 0.2) is 24.3 Å². The summed E-state index contributed by atoms with van der Waals surface area (Å²) < 4.78 is 2.18. The van der Waals surface area contributed by atoms with Gasteiger partial charge in [-0.2, -0.15) is 6.92 Å². The number of para-hydroxylation sites is 1. The second kappa shape index (κ2) is 6.54. The van der Waals surface area contributed by atoms with E-state index in [1.165, 1.54) is 16.5 Å². The Kier molecular flexibility index (Phi) is 5.57. The summed E-state index contributed by atoms with van der Waals surface area (Å²) in [5, 5.41) is 10.0. The van der Waals surface area contributed by atoms with E-state index in [2.05, 4.69) is 31.1 Å². The van der Waals surface area contributed by atoms with Gasteiger partial charge in [-0.1, -0.05) is 25.1 Å². The Morgan fingerprint density at radius 1 is 1.26 bits per heavy atom. The van der Waals surface area contributed by atoms with Gasteiger partial charge in [0.15, 0.2) is 0 Å². The molecular weight excluding hydrogens is 308 g/mol. The van der Waals surface area contributed by atoms with Crippen molar-refractivity contribution < 1.29 is 28.5 Å². The number of aromatic nitrogens is 1. The van der Waals surface area contributed by atoms with E-state index in [-0.39, 0.29) is 19.5 Å². The van der Waals surface area contributed by atoms with E-state index in [4.69, 9.17) is 0 Å². The molecule has 2 rings (SSSR count). The quantitative estimate of drug-likeness (QED) is 0.520. The molecule has 0 aliphatic rings. The summed E-state index contributed by atoms with van der Waals surface area (Å²) in [5.74, 6) is 0.330. The Morgan fingerprint density at radius 2 is 1.89 bits per heavy atom. The maximum atomic E-state index is 10.0. The first kappa shape index (κ1) is 16.2. The van der Waals surface area contributed by atoms with Gasteiger partial charge in [-0.25, -0.2) is 0 Å². The third-order valence-electron chi connectivity index (χ3n) is 3.21. The van der Waals surface area contributed by atoms with Gasteiger partial charge in [0.1, 0.15) is 17.3 Å². The molecule has 0 saturated carbocycles. The maximum absolute atomic E-state index is 10.0. The monoisotopic (exact) mass is 324 g/mol. The zero-order valence-electron chi connectivity index (χ0n) is 11.9. The van der Waals surface area contributed by atoms with Crippen molar-refractivity contribution in [1.82, 2.24) is 0 Å². The Balaban J connectivity index is 0.00000180. The Hall–Kier alpha value is -0.857. The summed E-state index contributed by atoms with van der Waals surface area (Å²) in [6, 6.07) is 8.67. The molecule has 0 aliphatic heterocycles. The number of hydrogen-bond donors (Lipinski definition) is 1. The third kappa shape index (κ3) is 3.01. The fourth-order valence-electron chi connectivity index (χ4n) is 1.92. The van der Waals surface area contributed by atoms with E-state index in [0.29, 0.717) is 5.75 Å². The van der Waals surface area contributed by atoms with Gasteiger partial charge in [0.25, 0.3) is 0 Å². The van der Waals surface area contributed by atoms with Crippen LogP contribution in [0, 0.1) is 26.3 Å². The summed E-state index contributed by atoms with van der Waals surface area (Å²) in [6.45, 7) is 8.33. The molecule has 96 valence electrons. The van der Waals surface area contributed by atoms with Crippen molar-refractivity contribution in [2.75, 3.05) is 0 Å². The molecule has 0 aliphatic carbocycles. The average Bonchev–Trinajstić information content (AvgIpc) is 2.66. The van der Waals surface area contributed by atoms with Gasteiger partial charge in [0.05, 0.1) is 10.6 Å². The largest absolute Gasteiger partial charge is 2.00 e. The standard InChI is InChI=1S/C15H18NOS.Zn/c1-5-10(2)16-15(11(3)12(4)18-16)13-8-6-7-9-14(13)17;/h5-9,17H,1-4H3;/q-1;+2. The Labute approximate surface area is 132 Å². The number of nitrogens with zero attached hydrogens (tertiary/aromatic N) is 1. The average molecular weight is 326 g/mol. The summed E-state index contributed by atoms with van der Waals surface area (Å²) in [7, 11) is 0. The van der Waals surface area contributed by atoms with E-state index >= 15 is 0 Å². The summed E-state index contributed by atoms with van der Waals surface area (Å²) in [4.78, 5) is 1.27. The minimum Gasteiger partial charge on any atom is -0.509 e. The smallest absolute Gasteiger partial charge is 0.509 e. The third-order valence-corrected chi connectivity index (χ3v) is 4.45. The zero-order valence-corrected chi connectivity index (χ0v) is 15.7. The Morgan fingerprint density at radius 3 is 2.47 bits per heavy atom. The molecule has 0 saturated heterocycles. The predicted octanol–water partition coefficient (Wildman–Crippen LogP) is 3.65. The molecule has 0 fully saturated rings. The van der Waals surface area contributed by atoms with Crippen LogP contribution >= 0.6 is 11.5 Å². The van der Waals surface area contributed by atoms with Gasteiger partial charge in [0.2, 0.25) is 0 Å². The molecule has 0 bridgehead atoms. The number of aryl methyl sites for hydroxylation is 1. The van der Waals surface area contributed by atoms with Crippen molar-refractivity contribution in [2.24, 2.45) is 0 Å². The summed E-state index contributed by atoms with van der Waals surface area (Å²) >= 11 is 1.71. The molecule has 0 spiro atoms. The molecule has 1 aromatic carbocycles. The van der Waals surface area contributed by atoms with Crippen LogP contribution in [0.2, 0.25) is 0 Å². The van der Waals surface area contributed by atoms with Gasteiger partial charge in [-0.3, -0.25) is 3.96 Å².